The van der Waals surface area contributed by atoms with Crippen LogP contribution in [0.15, 0.2) is 18.2 Å². The highest BCUT2D eigenvalue weighted by Gasteiger charge is 2.10. The topological polar surface area (TPSA) is 46.3 Å². The molecule has 0 saturated carbocycles. The second-order valence-electron chi connectivity index (χ2n) is 3.96. The van der Waals surface area contributed by atoms with Gasteiger partial charge in [-0.2, -0.15) is 0 Å². The molecule has 0 aliphatic rings. The molecule has 16 heavy (non-hydrogen) atoms. The van der Waals surface area contributed by atoms with Crippen molar-refractivity contribution in [1.82, 2.24) is 4.90 Å². The number of rotatable bonds is 5. The van der Waals surface area contributed by atoms with Gasteiger partial charge in [-0.3, -0.25) is 9.69 Å². The van der Waals surface area contributed by atoms with Crippen molar-refractivity contribution >= 4 is 11.5 Å². The second-order valence-corrected chi connectivity index (χ2v) is 3.96. The van der Waals surface area contributed by atoms with Crippen LogP contribution in [0.25, 0.3) is 0 Å². The number of aryl methyl sites for hydroxylation is 1. The highest BCUT2D eigenvalue weighted by molar-refractivity contribution is 5.98. The van der Waals surface area contributed by atoms with E-state index < -0.39 is 0 Å². The summed E-state index contributed by atoms with van der Waals surface area (Å²) in [6, 6.07) is 5.50. The lowest BCUT2D eigenvalue weighted by Crippen LogP contribution is -2.29. The van der Waals surface area contributed by atoms with Gasteiger partial charge in [-0.1, -0.05) is 26.0 Å². The zero-order valence-corrected chi connectivity index (χ0v) is 10.3. The predicted octanol–water partition coefficient (Wildman–Crippen LogP) is 2.10. The van der Waals surface area contributed by atoms with E-state index in [1.165, 1.54) is 0 Å². The quantitative estimate of drug-likeness (QED) is 0.610. The summed E-state index contributed by atoms with van der Waals surface area (Å²) in [7, 11) is 0. The van der Waals surface area contributed by atoms with Gasteiger partial charge >= 0.3 is 0 Å². The fraction of sp³-hybridized carbons (Fsp3) is 0.462. The molecule has 0 bridgehead atoms. The van der Waals surface area contributed by atoms with E-state index in [0.717, 1.165) is 18.7 Å². The molecule has 3 nitrogen and oxygen atoms in total. The minimum Gasteiger partial charge on any atom is -0.398 e. The molecule has 2 N–H and O–H groups in total. The standard InChI is InChI=1S/C13H20N2O/c1-4-15(5-2)9-13(16)11-7-6-10(3)12(14)8-11/h6-8H,4-5,9,14H2,1-3H3. The average Bonchev–Trinajstić information content (AvgIpc) is 2.29. The van der Waals surface area contributed by atoms with E-state index in [-0.39, 0.29) is 5.78 Å². The molecule has 0 aromatic heterocycles. The SMILES string of the molecule is CCN(CC)CC(=O)c1ccc(C)c(N)c1. The van der Waals surface area contributed by atoms with Crippen molar-refractivity contribution in [3.63, 3.8) is 0 Å². The van der Waals surface area contributed by atoms with E-state index in [2.05, 4.69) is 18.7 Å². The molecule has 1 rings (SSSR count). The van der Waals surface area contributed by atoms with E-state index in [1.807, 2.05) is 19.1 Å². The summed E-state index contributed by atoms with van der Waals surface area (Å²) in [5.41, 5.74) is 8.19. The Labute approximate surface area is 97.2 Å². The van der Waals surface area contributed by atoms with Crippen molar-refractivity contribution in [2.45, 2.75) is 20.8 Å². The summed E-state index contributed by atoms with van der Waals surface area (Å²) in [5, 5.41) is 0. The van der Waals surface area contributed by atoms with Gasteiger partial charge in [-0.25, -0.2) is 0 Å². The van der Waals surface area contributed by atoms with Crippen molar-refractivity contribution < 1.29 is 4.79 Å². The highest BCUT2D eigenvalue weighted by atomic mass is 16.1. The second kappa shape index (κ2) is 5.66. The number of hydrogen-bond donors (Lipinski definition) is 1. The first-order valence-corrected chi connectivity index (χ1v) is 5.70. The number of Topliss-reactive ketones (excluding diaryl/α,β-unsaturated/α-hetero) is 1. The molecule has 0 aliphatic carbocycles. The Morgan fingerprint density at radius 1 is 1.31 bits per heavy atom. The number of carbonyl (C=O) groups excluding carboxylic acids is 1. The Morgan fingerprint density at radius 3 is 2.44 bits per heavy atom. The maximum atomic E-state index is 11.9. The average molecular weight is 220 g/mol. The number of anilines is 1. The van der Waals surface area contributed by atoms with Gasteiger partial charge in [0.05, 0.1) is 6.54 Å². The van der Waals surface area contributed by atoms with Crippen LogP contribution in [0.2, 0.25) is 0 Å². The fourth-order valence-corrected chi connectivity index (χ4v) is 1.56. The molecule has 0 aliphatic heterocycles. The number of likely N-dealkylation sites (N-methyl/N-ethyl adjacent to an activating group) is 1. The fourth-order valence-electron chi connectivity index (χ4n) is 1.56. The molecule has 88 valence electrons. The summed E-state index contributed by atoms with van der Waals surface area (Å²) in [4.78, 5) is 14.0. The molecule has 0 heterocycles. The van der Waals surface area contributed by atoms with E-state index in [4.69, 9.17) is 5.73 Å². The monoisotopic (exact) mass is 220 g/mol. The molecule has 0 unspecified atom stereocenters. The molecule has 0 atom stereocenters. The smallest absolute Gasteiger partial charge is 0.176 e. The van der Waals surface area contributed by atoms with Gasteiger partial charge in [-0.05, 0) is 31.6 Å². The van der Waals surface area contributed by atoms with Crippen LogP contribution in [0.4, 0.5) is 5.69 Å². The Hall–Kier alpha value is -1.35. The third-order valence-corrected chi connectivity index (χ3v) is 2.86. The number of benzene rings is 1. The van der Waals surface area contributed by atoms with Crippen molar-refractivity contribution in [3.8, 4) is 0 Å². The predicted molar refractivity (Wildman–Crippen MR) is 67.7 cm³/mol. The summed E-state index contributed by atoms with van der Waals surface area (Å²) >= 11 is 0. The minimum atomic E-state index is 0.135. The zero-order valence-electron chi connectivity index (χ0n) is 10.3. The van der Waals surface area contributed by atoms with Gasteiger partial charge in [-0.15, -0.1) is 0 Å². The number of nitrogens with zero attached hydrogens (tertiary/aromatic N) is 1. The molecular weight excluding hydrogens is 200 g/mol. The van der Waals surface area contributed by atoms with Crippen molar-refractivity contribution in [2.24, 2.45) is 0 Å². The molecular formula is C13H20N2O. The van der Waals surface area contributed by atoms with E-state index in [0.29, 0.717) is 17.8 Å². The van der Waals surface area contributed by atoms with Gasteiger partial charge in [0.2, 0.25) is 0 Å². The highest BCUT2D eigenvalue weighted by Crippen LogP contribution is 2.13. The number of hydrogen-bond acceptors (Lipinski definition) is 3. The first kappa shape index (κ1) is 12.7. The van der Waals surface area contributed by atoms with Gasteiger partial charge in [0, 0.05) is 11.3 Å². The van der Waals surface area contributed by atoms with E-state index >= 15 is 0 Å². The number of nitrogens with two attached hydrogens (primary N) is 1. The van der Waals surface area contributed by atoms with Gasteiger partial charge in [0.25, 0.3) is 0 Å². The third kappa shape index (κ3) is 3.07. The lowest BCUT2D eigenvalue weighted by atomic mass is 10.1. The molecule has 0 amide bonds. The van der Waals surface area contributed by atoms with Crippen LogP contribution in [0.5, 0.6) is 0 Å². The van der Waals surface area contributed by atoms with Crippen LogP contribution >= 0.6 is 0 Å². The third-order valence-electron chi connectivity index (χ3n) is 2.86. The molecule has 0 saturated heterocycles. The van der Waals surface area contributed by atoms with Crippen LogP contribution in [0, 0.1) is 6.92 Å². The van der Waals surface area contributed by atoms with Gasteiger partial charge in [0.1, 0.15) is 0 Å². The van der Waals surface area contributed by atoms with Crippen molar-refractivity contribution in [3.05, 3.63) is 29.3 Å². The number of ketones is 1. The maximum absolute atomic E-state index is 11.9. The first-order valence-electron chi connectivity index (χ1n) is 5.70. The zero-order chi connectivity index (χ0) is 12.1. The van der Waals surface area contributed by atoms with Crippen molar-refractivity contribution in [1.29, 1.82) is 0 Å². The molecule has 0 spiro atoms. The van der Waals surface area contributed by atoms with Crippen LogP contribution < -0.4 is 5.73 Å². The minimum absolute atomic E-state index is 0.135. The molecule has 3 heteroatoms. The molecule has 1 aromatic rings. The summed E-state index contributed by atoms with van der Waals surface area (Å²) in [5.74, 6) is 0.135. The normalized spacial score (nSPS) is 10.8. The van der Waals surface area contributed by atoms with Gasteiger partial charge < -0.3 is 5.73 Å². The molecule has 0 radical (unpaired) electrons. The largest absolute Gasteiger partial charge is 0.398 e. The summed E-state index contributed by atoms with van der Waals surface area (Å²) < 4.78 is 0. The van der Waals surface area contributed by atoms with Gasteiger partial charge in [0.15, 0.2) is 5.78 Å². The van der Waals surface area contributed by atoms with Crippen molar-refractivity contribution in [2.75, 3.05) is 25.4 Å². The van der Waals surface area contributed by atoms with Crippen LogP contribution in [-0.2, 0) is 0 Å². The Morgan fingerprint density at radius 2 is 1.94 bits per heavy atom. The van der Waals surface area contributed by atoms with Crippen LogP contribution in [-0.4, -0.2) is 30.3 Å². The summed E-state index contributed by atoms with van der Waals surface area (Å²) in [6.07, 6.45) is 0. The Kier molecular flexibility index (Phi) is 4.50. The Balaban J connectivity index is 2.76. The Bertz CT molecular complexity index is 370. The molecule has 0 fully saturated rings. The van der Waals surface area contributed by atoms with Crippen LogP contribution in [0.3, 0.4) is 0 Å². The van der Waals surface area contributed by atoms with Crippen LogP contribution in [0.1, 0.15) is 29.8 Å². The number of nitrogen functional groups attached to an aromatic ring is 1. The number of carbonyl (C=O) groups is 1. The van der Waals surface area contributed by atoms with E-state index in [1.54, 1.807) is 6.07 Å². The summed E-state index contributed by atoms with van der Waals surface area (Å²) in [6.45, 7) is 8.30. The molecule has 1 aromatic carbocycles. The maximum Gasteiger partial charge on any atom is 0.176 e. The lowest BCUT2D eigenvalue weighted by molar-refractivity contribution is 0.0937. The first-order chi connectivity index (χ1) is 7.58. The van der Waals surface area contributed by atoms with E-state index in [9.17, 15) is 4.79 Å². The lowest BCUT2D eigenvalue weighted by Gasteiger charge is -2.16.